The fraction of sp³-hybridized carbons (Fsp3) is 0.400. The van der Waals surface area contributed by atoms with E-state index in [9.17, 15) is 0 Å². The third-order valence-corrected chi connectivity index (χ3v) is 2.82. The van der Waals surface area contributed by atoms with Crippen LogP contribution in [0.5, 0.6) is 0 Å². The van der Waals surface area contributed by atoms with Crippen LogP contribution in [-0.2, 0) is 9.78 Å². The molecule has 0 saturated heterocycles. The first-order valence-corrected chi connectivity index (χ1v) is 5.06. The van der Waals surface area contributed by atoms with E-state index in [2.05, 4.69) is 22.9 Å². The van der Waals surface area contributed by atoms with Gasteiger partial charge in [-0.3, -0.25) is 0 Å². The maximum absolute atomic E-state index is 4.93. The molecule has 0 spiro atoms. The van der Waals surface area contributed by atoms with Gasteiger partial charge in [-0.05, 0) is 17.9 Å². The van der Waals surface area contributed by atoms with E-state index < -0.39 is 0 Å². The van der Waals surface area contributed by atoms with Gasteiger partial charge >= 0.3 is 0 Å². The van der Waals surface area contributed by atoms with Crippen molar-refractivity contribution in [3.05, 3.63) is 35.0 Å². The van der Waals surface area contributed by atoms with E-state index in [1.54, 1.807) is 11.3 Å². The molecule has 0 aromatic carbocycles. The average Bonchev–Trinajstić information content (AvgIpc) is 2.65. The summed E-state index contributed by atoms with van der Waals surface area (Å²) in [5.41, 5.74) is 0. The van der Waals surface area contributed by atoms with Crippen molar-refractivity contribution in [2.24, 2.45) is 0 Å². The minimum absolute atomic E-state index is 0.373. The molecule has 0 bridgehead atoms. The molecule has 13 heavy (non-hydrogen) atoms. The van der Waals surface area contributed by atoms with Crippen LogP contribution in [0.25, 0.3) is 0 Å². The Kier molecular flexibility index (Phi) is 4.75. The third-order valence-electron chi connectivity index (χ3n) is 1.78. The van der Waals surface area contributed by atoms with E-state index in [1.807, 2.05) is 12.1 Å². The Hall–Kier alpha value is -0.640. The molecule has 0 amide bonds. The van der Waals surface area contributed by atoms with E-state index >= 15 is 0 Å². The van der Waals surface area contributed by atoms with Gasteiger partial charge in [0.25, 0.3) is 0 Å². The van der Waals surface area contributed by atoms with Gasteiger partial charge in [0.15, 0.2) is 0 Å². The maximum atomic E-state index is 4.93. The molecule has 0 N–H and O–H groups in total. The van der Waals surface area contributed by atoms with E-state index in [0.717, 1.165) is 6.42 Å². The van der Waals surface area contributed by atoms with Crippen molar-refractivity contribution in [2.45, 2.75) is 12.3 Å². The highest BCUT2D eigenvalue weighted by molar-refractivity contribution is 7.10. The van der Waals surface area contributed by atoms with Crippen molar-refractivity contribution < 1.29 is 9.78 Å². The zero-order valence-corrected chi connectivity index (χ0v) is 8.55. The summed E-state index contributed by atoms with van der Waals surface area (Å²) in [6, 6.07) is 4.15. The molecule has 1 unspecified atom stereocenters. The molecule has 1 rings (SSSR count). The first kappa shape index (κ1) is 10.4. The highest BCUT2D eigenvalue weighted by Crippen LogP contribution is 2.24. The Labute approximate surface area is 82.7 Å². The predicted octanol–water partition coefficient (Wildman–Crippen LogP) is 2.99. The van der Waals surface area contributed by atoms with E-state index in [-0.39, 0.29) is 0 Å². The van der Waals surface area contributed by atoms with Crippen molar-refractivity contribution in [1.29, 1.82) is 0 Å². The van der Waals surface area contributed by atoms with Crippen molar-refractivity contribution in [3.63, 3.8) is 0 Å². The van der Waals surface area contributed by atoms with Crippen LogP contribution in [0.3, 0.4) is 0 Å². The SMILES string of the molecule is C=CCC(COOC)c1cccs1. The number of thiophene rings is 1. The molecule has 0 aliphatic heterocycles. The van der Waals surface area contributed by atoms with E-state index in [4.69, 9.17) is 4.89 Å². The van der Waals surface area contributed by atoms with Crippen molar-refractivity contribution in [3.8, 4) is 0 Å². The fourth-order valence-electron chi connectivity index (χ4n) is 1.14. The van der Waals surface area contributed by atoms with Gasteiger partial charge in [0.05, 0.1) is 13.7 Å². The lowest BCUT2D eigenvalue weighted by atomic mass is 10.1. The summed E-state index contributed by atoms with van der Waals surface area (Å²) in [6.45, 7) is 4.31. The molecule has 72 valence electrons. The largest absolute Gasteiger partial charge is 0.240 e. The fourth-order valence-corrected chi connectivity index (χ4v) is 1.97. The van der Waals surface area contributed by atoms with Crippen LogP contribution in [-0.4, -0.2) is 13.7 Å². The predicted molar refractivity (Wildman–Crippen MR) is 54.8 cm³/mol. The topological polar surface area (TPSA) is 18.5 Å². The summed E-state index contributed by atoms with van der Waals surface area (Å²) in [7, 11) is 1.53. The van der Waals surface area contributed by atoms with Crippen molar-refractivity contribution >= 4 is 11.3 Å². The molecule has 1 atom stereocenters. The van der Waals surface area contributed by atoms with Crippen molar-refractivity contribution in [1.82, 2.24) is 0 Å². The Morgan fingerprint density at radius 3 is 3.08 bits per heavy atom. The normalized spacial score (nSPS) is 12.7. The smallest absolute Gasteiger partial charge is 0.0901 e. The standard InChI is InChI=1S/C10H14O2S/c1-3-5-9(8-12-11-2)10-6-4-7-13-10/h3-4,6-7,9H,1,5,8H2,2H3. The van der Waals surface area contributed by atoms with Crippen LogP contribution in [0.15, 0.2) is 30.2 Å². The molecule has 2 nitrogen and oxygen atoms in total. The van der Waals surface area contributed by atoms with Gasteiger partial charge in [-0.1, -0.05) is 12.1 Å². The summed E-state index contributed by atoms with van der Waals surface area (Å²) in [5, 5.41) is 2.07. The molecule has 1 heterocycles. The van der Waals surface area contributed by atoms with E-state index in [1.165, 1.54) is 12.0 Å². The van der Waals surface area contributed by atoms with Crippen LogP contribution in [0.1, 0.15) is 17.2 Å². The Morgan fingerprint density at radius 2 is 2.54 bits per heavy atom. The third kappa shape index (κ3) is 3.30. The number of hydrogen-bond donors (Lipinski definition) is 0. The highest BCUT2D eigenvalue weighted by Gasteiger charge is 2.11. The molecule has 1 aromatic heterocycles. The molecule has 0 aliphatic rings. The van der Waals surface area contributed by atoms with Crippen molar-refractivity contribution in [2.75, 3.05) is 13.7 Å². The first-order chi connectivity index (χ1) is 6.38. The van der Waals surface area contributed by atoms with E-state index in [0.29, 0.717) is 12.5 Å². The molecule has 1 aromatic rings. The second kappa shape index (κ2) is 5.91. The number of rotatable bonds is 6. The van der Waals surface area contributed by atoms with Gasteiger partial charge in [0.1, 0.15) is 0 Å². The van der Waals surface area contributed by atoms with Crippen LogP contribution >= 0.6 is 11.3 Å². The number of allylic oxidation sites excluding steroid dienone is 1. The molecule has 0 saturated carbocycles. The monoisotopic (exact) mass is 198 g/mol. The van der Waals surface area contributed by atoms with Gasteiger partial charge in [-0.2, -0.15) is 0 Å². The first-order valence-electron chi connectivity index (χ1n) is 4.18. The van der Waals surface area contributed by atoms with Gasteiger partial charge in [-0.25, -0.2) is 9.78 Å². The molecule has 0 radical (unpaired) electrons. The minimum atomic E-state index is 0.373. The summed E-state index contributed by atoms with van der Waals surface area (Å²) >= 11 is 1.74. The van der Waals surface area contributed by atoms with Crippen LogP contribution in [0.2, 0.25) is 0 Å². The lowest BCUT2D eigenvalue weighted by Gasteiger charge is -2.11. The van der Waals surface area contributed by atoms with Crippen LogP contribution < -0.4 is 0 Å². The van der Waals surface area contributed by atoms with Gasteiger partial charge in [0.2, 0.25) is 0 Å². The highest BCUT2D eigenvalue weighted by atomic mass is 32.1. The molecule has 0 fully saturated rings. The molecular weight excluding hydrogens is 184 g/mol. The molecule has 0 aliphatic carbocycles. The number of hydrogen-bond acceptors (Lipinski definition) is 3. The molecule has 3 heteroatoms. The maximum Gasteiger partial charge on any atom is 0.0901 e. The van der Waals surface area contributed by atoms with Crippen LogP contribution in [0, 0.1) is 0 Å². The zero-order valence-electron chi connectivity index (χ0n) is 7.73. The lowest BCUT2D eigenvalue weighted by Crippen LogP contribution is -2.05. The van der Waals surface area contributed by atoms with Gasteiger partial charge in [0, 0.05) is 10.8 Å². The Balaban J connectivity index is 2.51. The Bertz CT molecular complexity index is 231. The quantitative estimate of drug-likeness (QED) is 0.397. The summed E-state index contributed by atoms with van der Waals surface area (Å²) in [5.74, 6) is 0.373. The summed E-state index contributed by atoms with van der Waals surface area (Å²) in [6.07, 6.45) is 2.83. The minimum Gasteiger partial charge on any atom is -0.240 e. The second-order valence-electron chi connectivity index (χ2n) is 2.69. The van der Waals surface area contributed by atoms with Gasteiger partial charge in [-0.15, -0.1) is 17.9 Å². The zero-order chi connectivity index (χ0) is 9.52. The lowest BCUT2D eigenvalue weighted by molar-refractivity contribution is -0.275. The average molecular weight is 198 g/mol. The summed E-state index contributed by atoms with van der Waals surface area (Å²) in [4.78, 5) is 10.8. The molecular formula is C10H14O2S. The van der Waals surface area contributed by atoms with Crippen LogP contribution in [0.4, 0.5) is 0 Å². The Morgan fingerprint density at radius 1 is 1.69 bits per heavy atom. The second-order valence-corrected chi connectivity index (χ2v) is 3.67. The summed E-state index contributed by atoms with van der Waals surface area (Å²) < 4.78 is 0. The van der Waals surface area contributed by atoms with Gasteiger partial charge < -0.3 is 0 Å².